The monoisotopic (exact) mass is 432 g/mol. The standard InChI is InChI=1S/C23H36N4O4/c1-30-14-15-31-18-22(28)27-13-8-20-21(17-27)26(16-19-6-10-24-11-7-19)12-5-3-2-4-9-25-23(20)29/h6-7,10-11,20-21H,2-5,8-9,12-18H2,1H3,(H,25,29). The summed E-state index contributed by atoms with van der Waals surface area (Å²) < 4.78 is 10.4. The first-order valence-corrected chi connectivity index (χ1v) is 11.4. The van der Waals surface area contributed by atoms with Crippen molar-refractivity contribution in [1.29, 1.82) is 0 Å². The molecule has 31 heavy (non-hydrogen) atoms. The maximum absolute atomic E-state index is 13.0. The van der Waals surface area contributed by atoms with Crippen molar-refractivity contribution in [2.24, 2.45) is 5.92 Å². The molecule has 3 heterocycles. The molecule has 2 fully saturated rings. The third-order valence-electron chi connectivity index (χ3n) is 6.20. The molecule has 2 saturated heterocycles. The number of amides is 2. The van der Waals surface area contributed by atoms with Crippen molar-refractivity contribution < 1.29 is 19.1 Å². The molecular formula is C23H36N4O4. The van der Waals surface area contributed by atoms with Crippen molar-refractivity contribution in [3.05, 3.63) is 30.1 Å². The van der Waals surface area contributed by atoms with Gasteiger partial charge < -0.3 is 19.7 Å². The van der Waals surface area contributed by atoms with E-state index >= 15 is 0 Å². The summed E-state index contributed by atoms with van der Waals surface area (Å²) in [5.41, 5.74) is 1.18. The summed E-state index contributed by atoms with van der Waals surface area (Å²) in [5.74, 6) is -0.0124. The molecule has 1 aromatic rings. The molecule has 2 amide bonds. The maximum Gasteiger partial charge on any atom is 0.248 e. The fourth-order valence-electron chi connectivity index (χ4n) is 4.45. The van der Waals surface area contributed by atoms with Crippen LogP contribution < -0.4 is 5.32 Å². The number of ether oxygens (including phenoxy) is 2. The van der Waals surface area contributed by atoms with E-state index in [0.29, 0.717) is 32.7 Å². The largest absolute Gasteiger partial charge is 0.382 e. The van der Waals surface area contributed by atoms with E-state index in [0.717, 1.165) is 45.3 Å². The molecule has 0 aliphatic carbocycles. The summed E-state index contributed by atoms with van der Waals surface area (Å²) in [7, 11) is 1.61. The fourth-order valence-corrected chi connectivity index (χ4v) is 4.45. The van der Waals surface area contributed by atoms with Gasteiger partial charge in [0.15, 0.2) is 0 Å². The van der Waals surface area contributed by atoms with Gasteiger partial charge in [0, 0.05) is 51.7 Å². The van der Waals surface area contributed by atoms with Gasteiger partial charge in [-0.1, -0.05) is 12.8 Å². The number of hydrogen-bond donors (Lipinski definition) is 1. The average molecular weight is 433 g/mol. The van der Waals surface area contributed by atoms with Gasteiger partial charge in [-0.15, -0.1) is 0 Å². The minimum Gasteiger partial charge on any atom is -0.382 e. The average Bonchev–Trinajstić information content (AvgIpc) is 2.83. The van der Waals surface area contributed by atoms with Crippen LogP contribution in [0.15, 0.2) is 24.5 Å². The Bertz CT molecular complexity index is 687. The van der Waals surface area contributed by atoms with Crippen LogP contribution in [0.1, 0.15) is 37.7 Å². The van der Waals surface area contributed by atoms with Crippen molar-refractivity contribution in [3.8, 4) is 0 Å². The number of pyridine rings is 1. The topological polar surface area (TPSA) is 84.0 Å². The van der Waals surface area contributed by atoms with E-state index in [9.17, 15) is 9.59 Å². The highest BCUT2D eigenvalue weighted by Crippen LogP contribution is 2.26. The van der Waals surface area contributed by atoms with Gasteiger partial charge in [0.25, 0.3) is 0 Å². The summed E-state index contributed by atoms with van der Waals surface area (Å²) in [6, 6.07) is 4.04. The summed E-state index contributed by atoms with van der Waals surface area (Å²) in [6.45, 7) is 4.47. The Morgan fingerprint density at radius 3 is 2.77 bits per heavy atom. The first-order chi connectivity index (χ1) is 15.2. The zero-order valence-electron chi connectivity index (χ0n) is 18.6. The Balaban J connectivity index is 1.74. The van der Waals surface area contributed by atoms with Crippen LogP contribution in [-0.2, 0) is 25.6 Å². The number of methoxy groups -OCH3 is 1. The Morgan fingerprint density at radius 1 is 1.16 bits per heavy atom. The van der Waals surface area contributed by atoms with E-state index in [1.54, 1.807) is 19.5 Å². The second-order valence-corrected chi connectivity index (χ2v) is 8.38. The van der Waals surface area contributed by atoms with Crippen LogP contribution in [0.2, 0.25) is 0 Å². The molecule has 0 bridgehead atoms. The summed E-state index contributed by atoms with van der Waals surface area (Å²) in [6.07, 6.45) is 8.68. The highest BCUT2D eigenvalue weighted by Gasteiger charge is 2.39. The number of hydrogen-bond acceptors (Lipinski definition) is 6. The van der Waals surface area contributed by atoms with Crippen LogP contribution in [0.25, 0.3) is 0 Å². The minimum absolute atomic E-state index is 0.0112. The predicted molar refractivity (Wildman–Crippen MR) is 117 cm³/mol. The number of aromatic nitrogens is 1. The molecule has 0 aromatic carbocycles. The van der Waals surface area contributed by atoms with E-state index in [2.05, 4.69) is 15.2 Å². The van der Waals surface area contributed by atoms with E-state index < -0.39 is 0 Å². The van der Waals surface area contributed by atoms with Gasteiger partial charge in [-0.05, 0) is 43.5 Å². The molecule has 8 nitrogen and oxygen atoms in total. The Labute approximate surface area is 185 Å². The van der Waals surface area contributed by atoms with E-state index in [-0.39, 0.29) is 30.4 Å². The molecule has 2 unspecified atom stereocenters. The molecule has 8 heteroatoms. The normalized spacial score (nSPS) is 23.5. The third kappa shape index (κ3) is 7.26. The van der Waals surface area contributed by atoms with Crippen molar-refractivity contribution in [1.82, 2.24) is 20.1 Å². The summed E-state index contributed by atoms with van der Waals surface area (Å²) >= 11 is 0. The molecule has 0 saturated carbocycles. The molecule has 172 valence electrons. The SMILES string of the molecule is COCCOCC(=O)N1CCC2C(=O)NCCCCCCN(Cc3ccncc3)C2C1. The second kappa shape index (κ2) is 12.7. The van der Waals surface area contributed by atoms with Gasteiger partial charge in [0.05, 0.1) is 19.1 Å². The maximum atomic E-state index is 13.0. The Hall–Kier alpha value is -2.03. The fraction of sp³-hybridized carbons (Fsp3) is 0.696. The lowest BCUT2D eigenvalue weighted by molar-refractivity contribution is -0.143. The van der Waals surface area contributed by atoms with Crippen molar-refractivity contribution in [3.63, 3.8) is 0 Å². The van der Waals surface area contributed by atoms with Crippen molar-refractivity contribution >= 4 is 11.8 Å². The lowest BCUT2D eigenvalue weighted by atomic mass is 9.88. The van der Waals surface area contributed by atoms with Gasteiger partial charge in [-0.2, -0.15) is 0 Å². The second-order valence-electron chi connectivity index (χ2n) is 8.38. The van der Waals surface area contributed by atoms with Gasteiger partial charge in [-0.3, -0.25) is 19.5 Å². The molecule has 0 radical (unpaired) electrons. The quantitative estimate of drug-likeness (QED) is 0.657. The van der Waals surface area contributed by atoms with Crippen LogP contribution in [0.3, 0.4) is 0 Å². The molecule has 3 rings (SSSR count). The lowest BCUT2D eigenvalue weighted by Gasteiger charge is -2.43. The van der Waals surface area contributed by atoms with Crippen LogP contribution in [-0.4, -0.2) is 85.7 Å². The minimum atomic E-state index is -0.113. The zero-order chi connectivity index (χ0) is 21.9. The number of carbonyl (C=O) groups is 2. The summed E-state index contributed by atoms with van der Waals surface area (Å²) in [4.78, 5) is 34.1. The number of likely N-dealkylation sites (tertiary alicyclic amines) is 1. The smallest absolute Gasteiger partial charge is 0.248 e. The lowest BCUT2D eigenvalue weighted by Crippen LogP contribution is -2.58. The number of nitrogens with one attached hydrogen (secondary N) is 1. The molecule has 2 aliphatic rings. The Kier molecular flexibility index (Phi) is 9.71. The van der Waals surface area contributed by atoms with Gasteiger partial charge >= 0.3 is 0 Å². The van der Waals surface area contributed by atoms with Crippen molar-refractivity contribution in [2.75, 3.05) is 53.1 Å². The first-order valence-electron chi connectivity index (χ1n) is 11.4. The van der Waals surface area contributed by atoms with Crippen LogP contribution in [0.4, 0.5) is 0 Å². The van der Waals surface area contributed by atoms with Gasteiger partial charge in [0.2, 0.25) is 11.8 Å². The van der Waals surface area contributed by atoms with Crippen LogP contribution >= 0.6 is 0 Å². The zero-order valence-corrected chi connectivity index (χ0v) is 18.6. The van der Waals surface area contributed by atoms with Gasteiger partial charge in [0.1, 0.15) is 6.61 Å². The summed E-state index contributed by atoms with van der Waals surface area (Å²) in [5, 5.41) is 3.14. The molecular weight excluding hydrogens is 396 g/mol. The first kappa shape index (κ1) is 23.6. The van der Waals surface area contributed by atoms with E-state index in [1.807, 2.05) is 17.0 Å². The molecule has 1 N–H and O–H groups in total. The number of piperidine rings is 1. The molecule has 1 aromatic heterocycles. The number of nitrogens with zero attached hydrogens (tertiary/aromatic N) is 3. The van der Waals surface area contributed by atoms with Crippen molar-refractivity contribution in [2.45, 2.75) is 44.7 Å². The van der Waals surface area contributed by atoms with Gasteiger partial charge in [-0.25, -0.2) is 0 Å². The molecule has 0 spiro atoms. The number of fused-ring (bicyclic) bond motifs is 1. The van der Waals surface area contributed by atoms with E-state index in [1.165, 1.54) is 5.56 Å². The number of rotatable bonds is 7. The third-order valence-corrected chi connectivity index (χ3v) is 6.20. The molecule has 2 aliphatic heterocycles. The number of carbonyl (C=O) groups excluding carboxylic acids is 2. The van der Waals surface area contributed by atoms with Crippen LogP contribution in [0.5, 0.6) is 0 Å². The van der Waals surface area contributed by atoms with E-state index in [4.69, 9.17) is 9.47 Å². The molecule has 2 atom stereocenters. The Morgan fingerprint density at radius 2 is 1.97 bits per heavy atom. The predicted octanol–water partition coefficient (Wildman–Crippen LogP) is 1.45. The highest BCUT2D eigenvalue weighted by molar-refractivity contribution is 5.81. The van der Waals surface area contributed by atoms with Crippen LogP contribution in [0, 0.1) is 5.92 Å². The highest BCUT2D eigenvalue weighted by atomic mass is 16.5.